The van der Waals surface area contributed by atoms with Crippen molar-refractivity contribution in [3.63, 3.8) is 0 Å². The molecule has 0 aliphatic heterocycles. The minimum atomic E-state index is 0. The summed E-state index contributed by atoms with van der Waals surface area (Å²) in [4.78, 5) is 0. The summed E-state index contributed by atoms with van der Waals surface area (Å²) in [6, 6.07) is 3.44. The van der Waals surface area contributed by atoms with E-state index in [-0.39, 0.29) is 41.2 Å². The summed E-state index contributed by atoms with van der Waals surface area (Å²) in [6.45, 7) is 3.49. The Morgan fingerprint density at radius 3 is 2.75 bits per heavy atom. The fraction of sp³-hybridized carbons (Fsp3) is 0.125. The van der Waals surface area contributed by atoms with Crippen LogP contribution in [0.3, 0.4) is 0 Å². The molecule has 0 amide bonds. The van der Waals surface area contributed by atoms with Gasteiger partial charge in [0.05, 0.1) is 6.26 Å². The molecule has 0 atom stereocenters. The fourth-order valence-electron chi connectivity index (χ4n) is 0.680. The molecule has 1 rings (SSSR count). The van der Waals surface area contributed by atoms with E-state index in [0.717, 1.165) is 0 Å². The molecule has 0 unspecified atom stereocenters. The van der Waals surface area contributed by atoms with E-state index in [1.54, 1.807) is 18.2 Å². The molecule has 1 aromatic rings. The SMILES string of the molecule is C=CCC(=[N-])c1ccco1.[Cl-].[Mg+2]. The van der Waals surface area contributed by atoms with Crippen LogP contribution >= 0.6 is 0 Å². The van der Waals surface area contributed by atoms with Gasteiger partial charge in [-0.05, 0) is 18.6 Å². The van der Waals surface area contributed by atoms with Gasteiger partial charge in [-0.25, -0.2) is 0 Å². The van der Waals surface area contributed by atoms with E-state index in [9.17, 15) is 0 Å². The summed E-state index contributed by atoms with van der Waals surface area (Å²) in [5.74, 6) is 0.514. The second-order valence-electron chi connectivity index (χ2n) is 1.92. The Morgan fingerprint density at radius 1 is 1.67 bits per heavy atom. The van der Waals surface area contributed by atoms with Crippen LogP contribution in [0.5, 0.6) is 0 Å². The maximum absolute atomic E-state index is 9.16. The molecule has 0 N–H and O–H groups in total. The van der Waals surface area contributed by atoms with E-state index in [2.05, 4.69) is 6.58 Å². The number of allylic oxidation sites excluding steroid dienone is 1. The molecule has 0 aromatic carbocycles. The number of furan rings is 1. The van der Waals surface area contributed by atoms with Crippen molar-refractivity contribution in [2.24, 2.45) is 0 Å². The summed E-state index contributed by atoms with van der Waals surface area (Å²) in [6.07, 6.45) is 3.60. The zero-order chi connectivity index (χ0) is 7.40. The Balaban J connectivity index is 0. The number of nitrogens with zero attached hydrogens (tertiary/aromatic N) is 1. The predicted octanol–water partition coefficient (Wildman–Crippen LogP) is -1.16. The predicted molar refractivity (Wildman–Crippen MR) is 46.7 cm³/mol. The van der Waals surface area contributed by atoms with Gasteiger partial charge in [-0.3, -0.25) is 0 Å². The van der Waals surface area contributed by atoms with E-state index in [4.69, 9.17) is 9.83 Å². The van der Waals surface area contributed by atoms with Crippen LogP contribution in [-0.2, 0) is 0 Å². The number of rotatable bonds is 3. The number of halogens is 1. The molecule has 0 aliphatic carbocycles. The van der Waals surface area contributed by atoms with Crippen molar-refractivity contribution in [1.82, 2.24) is 0 Å². The van der Waals surface area contributed by atoms with Gasteiger partial charge in [-0.1, -0.05) is 6.08 Å². The minimum Gasteiger partial charge on any atom is -1.00 e. The first-order chi connectivity index (χ1) is 4.84. The second kappa shape index (κ2) is 7.40. The van der Waals surface area contributed by atoms with E-state index >= 15 is 0 Å². The molecule has 4 heteroatoms. The van der Waals surface area contributed by atoms with Gasteiger partial charge in [-0.2, -0.15) is 0 Å². The van der Waals surface area contributed by atoms with Crippen molar-refractivity contribution in [1.29, 1.82) is 0 Å². The molecule has 0 saturated heterocycles. The molecule has 0 aliphatic rings. The average molecular weight is 194 g/mol. The van der Waals surface area contributed by atoms with Gasteiger partial charge >= 0.3 is 23.1 Å². The van der Waals surface area contributed by atoms with E-state index in [1.807, 2.05) is 0 Å². The maximum atomic E-state index is 9.16. The van der Waals surface area contributed by atoms with Crippen LogP contribution in [-0.4, -0.2) is 28.8 Å². The van der Waals surface area contributed by atoms with Crippen molar-refractivity contribution in [3.8, 4) is 0 Å². The van der Waals surface area contributed by atoms with Gasteiger partial charge in [0.25, 0.3) is 0 Å². The van der Waals surface area contributed by atoms with Crippen LogP contribution in [0.15, 0.2) is 35.5 Å². The summed E-state index contributed by atoms with van der Waals surface area (Å²) in [7, 11) is 0. The first-order valence-electron chi connectivity index (χ1n) is 3.04. The number of hydrogen-bond donors (Lipinski definition) is 0. The normalized spacial score (nSPS) is 7.67. The molecule has 0 bridgehead atoms. The fourth-order valence-corrected chi connectivity index (χ4v) is 0.680. The molecule has 0 spiro atoms. The first-order valence-corrected chi connectivity index (χ1v) is 3.04. The molecular formula is C8H8ClMgNO. The largest absolute Gasteiger partial charge is 2.00 e. The maximum Gasteiger partial charge on any atom is 2.00 e. The molecule has 60 valence electrons. The molecular weight excluding hydrogens is 186 g/mol. The third-order valence-corrected chi connectivity index (χ3v) is 1.14. The Hall–Kier alpha value is -0.254. The van der Waals surface area contributed by atoms with Gasteiger partial charge < -0.3 is 22.2 Å². The Labute approximate surface area is 94.1 Å². The zero-order valence-electron chi connectivity index (χ0n) is 6.66. The van der Waals surface area contributed by atoms with Crippen molar-refractivity contribution in [3.05, 3.63) is 42.2 Å². The van der Waals surface area contributed by atoms with Gasteiger partial charge in [0.15, 0.2) is 0 Å². The quantitative estimate of drug-likeness (QED) is 0.339. The van der Waals surface area contributed by atoms with Crippen molar-refractivity contribution in [2.45, 2.75) is 6.42 Å². The minimum absolute atomic E-state index is 0. The van der Waals surface area contributed by atoms with Crippen LogP contribution in [0.2, 0.25) is 0 Å². The van der Waals surface area contributed by atoms with E-state index in [1.165, 1.54) is 6.26 Å². The molecule has 0 radical (unpaired) electrons. The van der Waals surface area contributed by atoms with Crippen LogP contribution < -0.4 is 12.4 Å². The van der Waals surface area contributed by atoms with Gasteiger partial charge in [0.1, 0.15) is 5.76 Å². The third-order valence-electron chi connectivity index (χ3n) is 1.14. The smallest absolute Gasteiger partial charge is 1.00 e. The monoisotopic (exact) mass is 193 g/mol. The average Bonchev–Trinajstić information content (AvgIpc) is 2.38. The Bertz CT molecular complexity index is 233. The van der Waals surface area contributed by atoms with Crippen LogP contribution in [0.1, 0.15) is 12.2 Å². The Kier molecular flexibility index (Phi) is 8.80. The molecule has 1 heterocycles. The van der Waals surface area contributed by atoms with Gasteiger partial charge in [0, 0.05) is 0 Å². The van der Waals surface area contributed by atoms with Crippen molar-refractivity contribution >= 4 is 28.8 Å². The van der Waals surface area contributed by atoms with E-state index < -0.39 is 0 Å². The molecule has 0 saturated carbocycles. The Morgan fingerprint density at radius 2 is 2.33 bits per heavy atom. The summed E-state index contributed by atoms with van der Waals surface area (Å²) < 4.78 is 4.91. The van der Waals surface area contributed by atoms with Gasteiger partial charge in [0.2, 0.25) is 0 Å². The molecule has 2 nitrogen and oxygen atoms in total. The number of hydrogen-bond acceptors (Lipinski definition) is 1. The van der Waals surface area contributed by atoms with Crippen molar-refractivity contribution < 1.29 is 16.8 Å². The topological polar surface area (TPSA) is 35.4 Å². The molecule has 0 fully saturated rings. The van der Waals surface area contributed by atoms with Crippen LogP contribution in [0, 0.1) is 0 Å². The summed E-state index contributed by atoms with van der Waals surface area (Å²) >= 11 is 0. The first kappa shape index (κ1) is 14.3. The second-order valence-corrected chi connectivity index (χ2v) is 1.92. The van der Waals surface area contributed by atoms with Crippen LogP contribution in [0.4, 0.5) is 0 Å². The third kappa shape index (κ3) is 3.95. The zero-order valence-corrected chi connectivity index (χ0v) is 8.83. The summed E-state index contributed by atoms with van der Waals surface area (Å²) in [5, 5.41) is 9.16. The standard InChI is InChI=1S/C8H8NO.ClH.Mg/c1-2-4-7(9)8-5-3-6-10-8;;/h2-3,5-6H,1,4H2;1H;/q-1;;+2/p-1. The van der Waals surface area contributed by atoms with Gasteiger partial charge in [-0.15, -0.1) is 12.3 Å². The summed E-state index contributed by atoms with van der Waals surface area (Å²) in [5.41, 5.74) is 0.222. The van der Waals surface area contributed by atoms with E-state index in [0.29, 0.717) is 12.2 Å². The molecule has 12 heavy (non-hydrogen) atoms. The van der Waals surface area contributed by atoms with Crippen LogP contribution in [0.25, 0.3) is 5.41 Å². The van der Waals surface area contributed by atoms with Crippen molar-refractivity contribution in [2.75, 3.05) is 0 Å². The molecule has 1 aromatic heterocycles.